The fraction of sp³-hybridized carbons (Fsp3) is 0.316. The number of nitriles is 1. The summed E-state index contributed by atoms with van der Waals surface area (Å²) in [6.45, 7) is 8.25. The van der Waals surface area contributed by atoms with Crippen LogP contribution >= 0.6 is 0 Å². The fourth-order valence-corrected chi connectivity index (χ4v) is 1.80. The van der Waals surface area contributed by atoms with E-state index in [1.165, 1.54) is 19.2 Å². The van der Waals surface area contributed by atoms with E-state index in [1.54, 1.807) is 6.07 Å². The molecule has 0 heterocycles. The third-order valence-corrected chi connectivity index (χ3v) is 2.84. The van der Waals surface area contributed by atoms with E-state index < -0.39 is 4.92 Å². The van der Waals surface area contributed by atoms with Gasteiger partial charge in [-0.3, -0.25) is 10.1 Å². The number of nitro benzene ring substituents is 1. The summed E-state index contributed by atoms with van der Waals surface area (Å²) in [6.07, 6.45) is 0. The maximum absolute atomic E-state index is 11.0. The van der Waals surface area contributed by atoms with Crippen molar-refractivity contribution in [1.29, 1.82) is 5.26 Å². The Morgan fingerprint density at radius 2 is 1.68 bits per heavy atom. The van der Waals surface area contributed by atoms with Crippen LogP contribution in [0.15, 0.2) is 42.5 Å². The Balaban J connectivity index is 0.00000134. The predicted octanol–water partition coefficient (Wildman–Crippen LogP) is 5.11. The van der Waals surface area contributed by atoms with Gasteiger partial charge in [-0.05, 0) is 5.56 Å². The second-order valence-corrected chi connectivity index (χ2v) is 4.16. The quantitative estimate of drug-likeness (QED) is 0.556. The van der Waals surface area contributed by atoms with Gasteiger partial charge < -0.3 is 9.47 Å². The van der Waals surface area contributed by atoms with Crippen molar-refractivity contribution in [3.05, 3.63) is 63.7 Å². The molecule has 2 rings (SSSR count). The lowest BCUT2D eigenvalue weighted by Gasteiger charge is -2.11. The van der Waals surface area contributed by atoms with Gasteiger partial charge in [-0.25, -0.2) is 0 Å². The first-order valence-corrected chi connectivity index (χ1v) is 8.09. The molecule has 0 aromatic heterocycles. The summed E-state index contributed by atoms with van der Waals surface area (Å²) in [5.41, 5.74) is 0.553. The van der Waals surface area contributed by atoms with Crippen molar-refractivity contribution < 1.29 is 14.4 Å². The standard InChI is InChI=1S/C15H12N2O4.2C2H6/c1-20-14-7-12(9-16)13(17(18)19)8-15(14)21-10-11-5-3-2-4-6-11;2*1-2/h2-8H,10H2,1H3;2*1-2H3. The van der Waals surface area contributed by atoms with E-state index in [1.807, 2.05) is 58.0 Å². The van der Waals surface area contributed by atoms with Crippen LogP contribution in [0, 0.1) is 21.4 Å². The Labute approximate surface area is 148 Å². The van der Waals surface area contributed by atoms with Crippen molar-refractivity contribution in [2.45, 2.75) is 34.3 Å². The zero-order valence-electron chi connectivity index (χ0n) is 15.3. The summed E-state index contributed by atoms with van der Waals surface area (Å²) in [7, 11) is 1.41. The van der Waals surface area contributed by atoms with E-state index in [4.69, 9.17) is 14.7 Å². The second kappa shape index (κ2) is 12.4. The van der Waals surface area contributed by atoms with E-state index in [-0.39, 0.29) is 29.4 Å². The number of hydrogen-bond donors (Lipinski definition) is 0. The molecule has 0 atom stereocenters. The Hall–Kier alpha value is -3.07. The lowest BCUT2D eigenvalue weighted by molar-refractivity contribution is -0.385. The summed E-state index contributed by atoms with van der Waals surface area (Å²) in [5.74, 6) is 0.514. The summed E-state index contributed by atoms with van der Waals surface area (Å²) >= 11 is 0. The zero-order valence-corrected chi connectivity index (χ0v) is 15.3. The molecule has 0 saturated heterocycles. The van der Waals surface area contributed by atoms with Gasteiger partial charge in [0.15, 0.2) is 11.5 Å². The largest absolute Gasteiger partial charge is 0.493 e. The topological polar surface area (TPSA) is 85.4 Å². The van der Waals surface area contributed by atoms with Crippen molar-refractivity contribution in [1.82, 2.24) is 0 Å². The Morgan fingerprint density at radius 3 is 2.16 bits per heavy atom. The molecular weight excluding hydrogens is 320 g/mol. The second-order valence-electron chi connectivity index (χ2n) is 4.16. The monoisotopic (exact) mass is 344 g/mol. The molecule has 25 heavy (non-hydrogen) atoms. The van der Waals surface area contributed by atoms with Gasteiger partial charge in [0.25, 0.3) is 5.69 Å². The van der Waals surface area contributed by atoms with Gasteiger partial charge in [-0.2, -0.15) is 5.26 Å². The number of hydrogen-bond acceptors (Lipinski definition) is 5. The van der Waals surface area contributed by atoms with Gasteiger partial charge in [0, 0.05) is 6.07 Å². The van der Waals surface area contributed by atoms with Gasteiger partial charge >= 0.3 is 0 Å². The number of rotatable bonds is 5. The van der Waals surface area contributed by atoms with Crippen LogP contribution in [-0.2, 0) is 6.61 Å². The van der Waals surface area contributed by atoms with Crippen LogP contribution in [0.1, 0.15) is 38.8 Å². The number of ether oxygens (including phenoxy) is 2. The van der Waals surface area contributed by atoms with Crippen LogP contribution in [0.4, 0.5) is 5.69 Å². The van der Waals surface area contributed by atoms with E-state index in [9.17, 15) is 10.1 Å². The Kier molecular flexibility index (Phi) is 10.8. The molecule has 0 aliphatic carbocycles. The molecular formula is C19H24N2O4. The van der Waals surface area contributed by atoms with Crippen molar-refractivity contribution in [2.75, 3.05) is 7.11 Å². The highest BCUT2D eigenvalue weighted by Gasteiger charge is 2.19. The van der Waals surface area contributed by atoms with Gasteiger partial charge in [-0.15, -0.1) is 0 Å². The zero-order chi connectivity index (χ0) is 19.2. The number of methoxy groups -OCH3 is 1. The first-order valence-electron chi connectivity index (χ1n) is 8.09. The van der Waals surface area contributed by atoms with Gasteiger partial charge in [0.2, 0.25) is 0 Å². The van der Waals surface area contributed by atoms with Crippen LogP contribution < -0.4 is 9.47 Å². The molecule has 2 aromatic rings. The lowest BCUT2D eigenvalue weighted by Crippen LogP contribution is -2.00. The average Bonchev–Trinajstić information content (AvgIpc) is 2.69. The molecule has 134 valence electrons. The normalized spacial score (nSPS) is 8.64. The van der Waals surface area contributed by atoms with Crippen molar-refractivity contribution in [3.63, 3.8) is 0 Å². The molecule has 0 radical (unpaired) electrons. The van der Waals surface area contributed by atoms with Crippen molar-refractivity contribution >= 4 is 5.69 Å². The summed E-state index contributed by atoms with van der Waals surface area (Å²) < 4.78 is 10.7. The first-order chi connectivity index (χ1) is 12.2. The van der Waals surface area contributed by atoms with Crippen LogP contribution in [0.25, 0.3) is 0 Å². The van der Waals surface area contributed by atoms with E-state index >= 15 is 0 Å². The molecule has 0 spiro atoms. The fourth-order valence-electron chi connectivity index (χ4n) is 1.80. The van der Waals surface area contributed by atoms with Crippen LogP contribution in [-0.4, -0.2) is 12.0 Å². The smallest absolute Gasteiger partial charge is 0.291 e. The molecule has 6 nitrogen and oxygen atoms in total. The van der Waals surface area contributed by atoms with Crippen LogP contribution in [0.3, 0.4) is 0 Å². The van der Waals surface area contributed by atoms with E-state index in [0.717, 1.165) is 5.56 Å². The highest BCUT2D eigenvalue weighted by molar-refractivity contribution is 5.58. The maximum atomic E-state index is 11.0. The van der Waals surface area contributed by atoms with Gasteiger partial charge in [0.05, 0.1) is 18.1 Å². The number of benzene rings is 2. The van der Waals surface area contributed by atoms with Crippen molar-refractivity contribution in [2.24, 2.45) is 0 Å². The molecule has 0 N–H and O–H groups in total. The minimum atomic E-state index is -0.618. The van der Waals surface area contributed by atoms with Crippen LogP contribution in [0.2, 0.25) is 0 Å². The highest BCUT2D eigenvalue weighted by Crippen LogP contribution is 2.34. The molecule has 2 aromatic carbocycles. The molecule has 0 amide bonds. The summed E-state index contributed by atoms with van der Waals surface area (Å²) in [4.78, 5) is 10.3. The third kappa shape index (κ3) is 6.51. The first kappa shape index (κ1) is 21.9. The van der Waals surface area contributed by atoms with Crippen LogP contribution in [0.5, 0.6) is 11.5 Å². The molecule has 0 aliphatic rings. The lowest BCUT2D eigenvalue weighted by atomic mass is 10.1. The maximum Gasteiger partial charge on any atom is 0.291 e. The summed E-state index contributed by atoms with van der Waals surface area (Å²) in [6, 6.07) is 13.7. The molecule has 0 fully saturated rings. The third-order valence-electron chi connectivity index (χ3n) is 2.84. The minimum Gasteiger partial charge on any atom is -0.493 e. The molecule has 0 saturated carbocycles. The van der Waals surface area contributed by atoms with Crippen molar-refractivity contribution in [3.8, 4) is 17.6 Å². The average molecular weight is 344 g/mol. The molecule has 0 bridgehead atoms. The minimum absolute atomic E-state index is 0.0658. The molecule has 0 aliphatic heterocycles. The highest BCUT2D eigenvalue weighted by atomic mass is 16.6. The Morgan fingerprint density at radius 1 is 1.08 bits per heavy atom. The SMILES string of the molecule is CC.CC.COc1cc(C#N)c([N+](=O)[O-])cc1OCc1ccccc1. The molecule has 0 unspecified atom stereocenters. The number of nitrogens with zero attached hydrogens (tertiary/aromatic N) is 2. The van der Waals surface area contributed by atoms with Gasteiger partial charge in [-0.1, -0.05) is 58.0 Å². The summed E-state index contributed by atoms with van der Waals surface area (Å²) in [5, 5.41) is 19.9. The Bertz CT molecular complexity index is 695. The predicted molar refractivity (Wildman–Crippen MR) is 97.8 cm³/mol. The van der Waals surface area contributed by atoms with E-state index in [2.05, 4.69) is 0 Å². The van der Waals surface area contributed by atoms with E-state index in [0.29, 0.717) is 0 Å². The number of nitro groups is 1. The molecule has 6 heteroatoms. The van der Waals surface area contributed by atoms with Gasteiger partial charge in [0.1, 0.15) is 18.2 Å².